The molecule has 17 heavy (non-hydrogen) atoms. The number of benzene rings is 1. The highest BCUT2D eigenvalue weighted by atomic mass is 16.3. The van der Waals surface area contributed by atoms with Crippen LogP contribution in [0.3, 0.4) is 0 Å². The van der Waals surface area contributed by atoms with Crippen molar-refractivity contribution in [1.82, 2.24) is 10.3 Å². The SMILES string of the molecule is CC1CNCCC1(O)c1ccc2[nH]ccc2c1. The van der Waals surface area contributed by atoms with Crippen LogP contribution in [0.25, 0.3) is 10.9 Å². The van der Waals surface area contributed by atoms with Gasteiger partial charge in [-0.3, -0.25) is 0 Å². The number of rotatable bonds is 1. The molecule has 0 aliphatic carbocycles. The van der Waals surface area contributed by atoms with Crippen molar-refractivity contribution in [3.05, 3.63) is 36.0 Å². The number of piperidine rings is 1. The molecule has 0 spiro atoms. The van der Waals surface area contributed by atoms with Gasteiger partial charge in [-0.1, -0.05) is 13.0 Å². The number of fused-ring (bicyclic) bond motifs is 1. The summed E-state index contributed by atoms with van der Waals surface area (Å²) in [6.45, 7) is 3.86. The zero-order valence-electron chi connectivity index (χ0n) is 10.0. The fourth-order valence-electron chi connectivity index (χ4n) is 2.76. The molecule has 0 amide bonds. The molecule has 3 nitrogen and oxygen atoms in total. The summed E-state index contributed by atoms with van der Waals surface area (Å²) in [4.78, 5) is 3.18. The molecule has 2 unspecified atom stereocenters. The minimum absolute atomic E-state index is 0.243. The largest absolute Gasteiger partial charge is 0.385 e. The van der Waals surface area contributed by atoms with Crippen molar-refractivity contribution < 1.29 is 5.11 Å². The summed E-state index contributed by atoms with van der Waals surface area (Å²) in [5.74, 6) is 0.243. The molecule has 3 heteroatoms. The fraction of sp³-hybridized carbons (Fsp3) is 0.429. The number of aromatic amines is 1. The lowest BCUT2D eigenvalue weighted by Gasteiger charge is -2.39. The van der Waals surface area contributed by atoms with E-state index in [9.17, 15) is 5.11 Å². The average molecular weight is 230 g/mol. The van der Waals surface area contributed by atoms with Crippen molar-refractivity contribution in [3.63, 3.8) is 0 Å². The highest BCUT2D eigenvalue weighted by Gasteiger charge is 2.37. The van der Waals surface area contributed by atoms with Crippen LogP contribution in [0.15, 0.2) is 30.5 Å². The number of hydrogen-bond donors (Lipinski definition) is 3. The van der Waals surface area contributed by atoms with Crippen LogP contribution in [0.1, 0.15) is 18.9 Å². The summed E-state index contributed by atoms with van der Waals surface area (Å²) in [6, 6.07) is 8.25. The maximum atomic E-state index is 10.9. The van der Waals surface area contributed by atoms with Gasteiger partial charge in [0, 0.05) is 24.2 Å². The molecule has 0 radical (unpaired) electrons. The van der Waals surface area contributed by atoms with E-state index >= 15 is 0 Å². The minimum atomic E-state index is -0.684. The van der Waals surface area contributed by atoms with Crippen LogP contribution in [-0.2, 0) is 5.60 Å². The van der Waals surface area contributed by atoms with Crippen molar-refractivity contribution in [2.75, 3.05) is 13.1 Å². The Bertz CT molecular complexity index is 534. The van der Waals surface area contributed by atoms with Gasteiger partial charge in [0.15, 0.2) is 0 Å². The Labute approximate surface area is 101 Å². The van der Waals surface area contributed by atoms with E-state index in [-0.39, 0.29) is 5.92 Å². The standard InChI is InChI=1S/C14H18N2O/c1-10-9-15-7-5-14(10,17)12-2-3-13-11(8-12)4-6-16-13/h2-4,6,8,10,15-17H,5,7,9H2,1H3. The van der Waals surface area contributed by atoms with Gasteiger partial charge in [-0.05, 0) is 42.1 Å². The van der Waals surface area contributed by atoms with Crippen LogP contribution >= 0.6 is 0 Å². The summed E-state index contributed by atoms with van der Waals surface area (Å²) < 4.78 is 0. The Morgan fingerprint density at radius 1 is 1.35 bits per heavy atom. The van der Waals surface area contributed by atoms with Gasteiger partial charge in [0.05, 0.1) is 5.60 Å². The molecule has 90 valence electrons. The van der Waals surface area contributed by atoms with Crippen molar-refractivity contribution in [2.24, 2.45) is 5.92 Å². The molecule has 0 saturated carbocycles. The third kappa shape index (κ3) is 1.66. The highest BCUT2D eigenvalue weighted by Crippen LogP contribution is 2.35. The molecule has 1 saturated heterocycles. The van der Waals surface area contributed by atoms with Crippen LogP contribution < -0.4 is 5.32 Å². The minimum Gasteiger partial charge on any atom is -0.385 e. The second-order valence-corrected chi connectivity index (χ2v) is 5.06. The molecule has 1 fully saturated rings. The summed E-state index contributed by atoms with van der Waals surface area (Å²) in [6.07, 6.45) is 2.72. The molecule has 3 N–H and O–H groups in total. The highest BCUT2D eigenvalue weighted by molar-refractivity contribution is 5.80. The zero-order valence-corrected chi connectivity index (χ0v) is 10.0. The number of hydrogen-bond acceptors (Lipinski definition) is 2. The van der Waals surface area contributed by atoms with Gasteiger partial charge in [0.2, 0.25) is 0 Å². The van der Waals surface area contributed by atoms with E-state index in [0.717, 1.165) is 30.6 Å². The predicted molar refractivity (Wildman–Crippen MR) is 68.8 cm³/mol. The van der Waals surface area contributed by atoms with Gasteiger partial charge in [0.1, 0.15) is 0 Å². The number of H-pyrrole nitrogens is 1. The zero-order chi connectivity index (χ0) is 11.9. The lowest BCUT2D eigenvalue weighted by molar-refractivity contribution is -0.0391. The maximum Gasteiger partial charge on any atom is 0.0946 e. The average Bonchev–Trinajstić information content (AvgIpc) is 2.80. The molecule has 1 aromatic heterocycles. The van der Waals surface area contributed by atoms with Gasteiger partial charge in [0.25, 0.3) is 0 Å². The summed E-state index contributed by atoms with van der Waals surface area (Å²) in [5, 5.41) is 15.4. The van der Waals surface area contributed by atoms with Gasteiger partial charge in [-0.2, -0.15) is 0 Å². The van der Waals surface area contributed by atoms with Crippen molar-refractivity contribution in [3.8, 4) is 0 Å². The van der Waals surface area contributed by atoms with Crippen LogP contribution in [0, 0.1) is 5.92 Å². The van der Waals surface area contributed by atoms with E-state index < -0.39 is 5.60 Å². The molecule has 1 aromatic carbocycles. The van der Waals surface area contributed by atoms with Gasteiger partial charge >= 0.3 is 0 Å². The number of nitrogens with one attached hydrogen (secondary N) is 2. The van der Waals surface area contributed by atoms with E-state index in [1.165, 1.54) is 5.39 Å². The summed E-state index contributed by atoms with van der Waals surface area (Å²) in [5.41, 5.74) is 1.48. The topological polar surface area (TPSA) is 48.0 Å². The first-order chi connectivity index (χ1) is 8.20. The molecule has 0 bridgehead atoms. The van der Waals surface area contributed by atoms with Gasteiger partial charge in [-0.25, -0.2) is 0 Å². The van der Waals surface area contributed by atoms with E-state index in [2.05, 4.69) is 29.4 Å². The Morgan fingerprint density at radius 3 is 3.06 bits per heavy atom. The Kier molecular flexibility index (Phi) is 2.45. The molecule has 1 aliphatic heterocycles. The monoisotopic (exact) mass is 230 g/mol. The second kappa shape index (κ2) is 3.86. The van der Waals surface area contributed by atoms with Gasteiger partial charge in [-0.15, -0.1) is 0 Å². The third-order valence-corrected chi connectivity index (χ3v) is 4.00. The van der Waals surface area contributed by atoms with Crippen molar-refractivity contribution in [1.29, 1.82) is 0 Å². The Hall–Kier alpha value is -1.32. The van der Waals surface area contributed by atoms with Crippen LogP contribution in [0.4, 0.5) is 0 Å². The molecular formula is C14H18N2O. The molecule has 2 atom stereocenters. The first kappa shape index (κ1) is 10.8. The summed E-state index contributed by atoms with van der Waals surface area (Å²) in [7, 11) is 0. The van der Waals surface area contributed by atoms with E-state index in [0.29, 0.717) is 0 Å². The fourth-order valence-corrected chi connectivity index (χ4v) is 2.76. The van der Waals surface area contributed by atoms with Crippen LogP contribution in [0.5, 0.6) is 0 Å². The Morgan fingerprint density at radius 2 is 2.24 bits per heavy atom. The summed E-state index contributed by atoms with van der Waals surface area (Å²) >= 11 is 0. The molecule has 2 heterocycles. The molecule has 1 aliphatic rings. The third-order valence-electron chi connectivity index (χ3n) is 4.00. The maximum absolute atomic E-state index is 10.9. The normalized spacial score (nSPS) is 29.6. The van der Waals surface area contributed by atoms with Crippen LogP contribution in [0.2, 0.25) is 0 Å². The Balaban J connectivity index is 2.06. The van der Waals surface area contributed by atoms with Gasteiger partial charge < -0.3 is 15.4 Å². The molecular weight excluding hydrogens is 212 g/mol. The number of aromatic nitrogens is 1. The predicted octanol–water partition coefficient (Wildman–Crippen LogP) is 1.98. The lowest BCUT2D eigenvalue weighted by atomic mass is 9.77. The number of aliphatic hydroxyl groups is 1. The molecule has 2 aromatic rings. The smallest absolute Gasteiger partial charge is 0.0946 e. The van der Waals surface area contributed by atoms with Crippen molar-refractivity contribution in [2.45, 2.75) is 18.9 Å². The van der Waals surface area contributed by atoms with E-state index in [1.807, 2.05) is 18.3 Å². The van der Waals surface area contributed by atoms with Crippen molar-refractivity contribution >= 4 is 10.9 Å². The van der Waals surface area contributed by atoms with E-state index in [4.69, 9.17) is 0 Å². The second-order valence-electron chi connectivity index (χ2n) is 5.06. The lowest BCUT2D eigenvalue weighted by Crippen LogP contribution is -2.46. The first-order valence-corrected chi connectivity index (χ1v) is 6.21. The first-order valence-electron chi connectivity index (χ1n) is 6.21. The molecule has 3 rings (SSSR count). The van der Waals surface area contributed by atoms with E-state index in [1.54, 1.807) is 0 Å². The quantitative estimate of drug-likeness (QED) is 0.701. The van der Waals surface area contributed by atoms with Crippen LogP contribution in [-0.4, -0.2) is 23.2 Å².